The predicted molar refractivity (Wildman–Crippen MR) is 36.0 cm³/mol. The first kappa shape index (κ1) is 6.59. The van der Waals surface area contributed by atoms with Gasteiger partial charge in [-0.3, -0.25) is 4.79 Å². The Balaban J connectivity index is 2.11. The number of amides is 1. The van der Waals surface area contributed by atoms with Crippen LogP contribution in [0.5, 0.6) is 0 Å². The van der Waals surface area contributed by atoms with E-state index in [1.165, 1.54) is 0 Å². The summed E-state index contributed by atoms with van der Waals surface area (Å²) < 4.78 is 0. The van der Waals surface area contributed by atoms with Crippen molar-refractivity contribution in [2.24, 2.45) is 5.92 Å². The Kier molecular flexibility index (Phi) is 1.74. The molecule has 1 N–H and O–H groups in total. The summed E-state index contributed by atoms with van der Waals surface area (Å²) in [5.41, 5.74) is 0. The molecule has 1 rings (SSSR count). The molecule has 0 aliphatic carbocycles. The van der Waals surface area contributed by atoms with Crippen molar-refractivity contribution in [1.82, 2.24) is 5.32 Å². The van der Waals surface area contributed by atoms with Gasteiger partial charge in [-0.2, -0.15) is 0 Å². The minimum atomic E-state index is 0.209. The number of β-lactam (4-membered cyclic amide) rings is 1. The van der Waals surface area contributed by atoms with E-state index in [4.69, 9.17) is 0 Å². The summed E-state index contributed by atoms with van der Waals surface area (Å²) in [6.45, 7) is 4.34. The second kappa shape index (κ2) is 2.38. The van der Waals surface area contributed by atoms with E-state index in [1.54, 1.807) is 0 Å². The van der Waals surface area contributed by atoms with Crippen molar-refractivity contribution in [3.63, 3.8) is 0 Å². The summed E-state index contributed by atoms with van der Waals surface area (Å²) in [7, 11) is 0. The van der Waals surface area contributed by atoms with E-state index >= 15 is 0 Å². The van der Waals surface area contributed by atoms with Crippen LogP contribution in [0, 0.1) is 5.92 Å². The van der Waals surface area contributed by atoms with Crippen molar-refractivity contribution in [3.05, 3.63) is 0 Å². The van der Waals surface area contributed by atoms with Crippen LogP contribution >= 0.6 is 0 Å². The van der Waals surface area contributed by atoms with Crippen LogP contribution in [-0.4, -0.2) is 11.9 Å². The molecule has 0 saturated carbocycles. The highest BCUT2D eigenvalue weighted by Gasteiger charge is 2.24. The van der Waals surface area contributed by atoms with Crippen molar-refractivity contribution in [2.75, 3.05) is 0 Å². The molecular weight excluding hydrogens is 114 g/mol. The standard InChI is InChI=1S/C7H13NO/c1-5(2)3-6-4-7(9)8-6/h5-6H,3-4H2,1-2H3,(H,8,9)/t6-/m1/s1. The molecule has 9 heavy (non-hydrogen) atoms. The number of nitrogens with one attached hydrogen (secondary N) is 1. The second-order valence-electron chi connectivity index (χ2n) is 3.10. The normalized spacial score (nSPS) is 25.7. The Bertz CT molecular complexity index is 112. The molecule has 0 aromatic carbocycles. The summed E-state index contributed by atoms with van der Waals surface area (Å²) in [4.78, 5) is 10.4. The van der Waals surface area contributed by atoms with E-state index < -0.39 is 0 Å². The maximum atomic E-state index is 10.4. The lowest BCUT2D eigenvalue weighted by Gasteiger charge is -2.28. The van der Waals surface area contributed by atoms with Crippen LogP contribution in [0.2, 0.25) is 0 Å². The Morgan fingerprint density at radius 3 is 2.67 bits per heavy atom. The highest BCUT2D eigenvalue weighted by atomic mass is 16.2. The van der Waals surface area contributed by atoms with Crippen LogP contribution in [0.15, 0.2) is 0 Å². The first-order chi connectivity index (χ1) is 4.18. The molecule has 1 saturated heterocycles. The summed E-state index contributed by atoms with van der Waals surface area (Å²) in [5, 5.41) is 2.84. The van der Waals surface area contributed by atoms with Crippen LogP contribution in [0.25, 0.3) is 0 Å². The fraction of sp³-hybridized carbons (Fsp3) is 0.857. The van der Waals surface area contributed by atoms with E-state index in [0.717, 1.165) is 12.8 Å². The fourth-order valence-electron chi connectivity index (χ4n) is 1.14. The first-order valence-electron chi connectivity index (χ1n) is 3.48. The zero-order valence-electron chi connectivity index (χ0n) is 5.98. The van der Waals surface area contributed by atoms with Crippen LogP contribution in [0.4, 0.5) is 0 Å². The second-order valence-corrected chi connectivity index (χ2v) is 3.10. The van der Waals surface area contributed by atoms with E-state index in [0.29, 0.717) is 12.0 Å². The SMILES string of the molecule is CC(C)C[C@@H]1CC(=O)N1. The van der Waals surface area contributed by atoms with Gasteiger partial charge in [0.15, 0.2) is 0 Å². The van der Waals surface area contributed by atoms with Gasteiger partial charge < -0.3 is 5.32 Å². The summed E-state index contributed by atoms with van der Waals surface area (Å²) in [6, 6.07) is 0.484. The van der Waals surface area contributed by atoms with Crippen molar-refractivity contribution in [3.8, 4) is 0 Å². The molecule has 1 atom stereocenters. The van der Waals surface area contributed by atoms with Gasteiger partial charge in [-0.25, -0.2) is 0 Å². The zero-order chi connectivity index (χ0) is 6.85. The number of hydrogen-bond donors (Lipinski definition) is 1. The lowest BCUT2D eigenvalue weighted by Crippen LogP contribution is -2.48. The number of hydrogen-bond acceptors (Lipinski definition) is 1. The van der Waals surface area contributed by atoms with E-state index in [1.807, 2.05) is 0 Å². The third-order valence-corrected chi connectivity index (χ3v) is 1.55. The number of carbonyl (C=O) groups excluding carboxylic acids is 1. The van der Waals surface area contributed by atoms with Gasteiger partial charge >= 0.3 is 0 Å². The minimum Gasteiger partial charge on any atom is -0.353 e. The minimum absolute atomic E-state index is 0.209. The molecule has 1 amide bonds. The third-order valence-electron chi connectivity index (χ3n) is 1.55. The average Bonchev–Trinajstić information content (AvgIpc) is 1.60. The maximum Gasteiger partial charge on any atom is 0.222 e. The number of carbonyl (C=O) groups is 1. The van der Waals surface area contributed by atoms with Gasteiger partial charge in [0.05, 0.1) is 0 Å². The van der Waals surface area contributed by atoms with Gasteiger partial charge in [-0.05, 0) is 12.3 Å². The Morgan fingerprint density at radius 2 is 2.33 bits per heavy atom. The molecule has 0 spiro atoms. The topological polar surface area (TPSA) is 29.1 Å². The van der Waals surface area contributed by atoms with E-state index in [2.05, 4.69) is 19.2 Å². The van der Waals surface area contributed by atoms with Crippen LogP contribution in [0.3, 0.4) is 0 Å². The molecule has 0 unspecified atom stereocenters. The third kappa shape index (κ3) is 1.70. The molecule has 1 heterocycles. The van der Waals surface area contributed by atoms with Gasteiger partial charge in [0, 0.05) is 12.5 Å². The molecule has 1 fully saturated rings. The molecule has 1 aliphatic rings. The van der Waals surface area contributed by atoms with Crippen molar-refractivity contribution in [2.45, 2.75) is 32.7 Å². The summed E-state index contributed by atoms with van der Waals surface area (Å²) in [6.07, 6.45) is 1.88. The molecule has 1 aliphatic heterocycles. The predicted octanol–water partition coefficient (Wildman–Crippen LogP) is 0.921. The molecule has 0 radical (unpaired) electrons. The van der Waals surface area contributed by atoms with Crippen LogP contribution in [0.1, 0.15) is 26.7 Å². The Labute approximate surface area is 55.6 Å². The van der Waals surface area contributed by atoms with Crippen LogP contribution < -0.4 is 5.32 Å². The molecule has 2 nitrogen and oxygen atoms in total. The lowest BCUT2D eigenvalue weighted by molar-refractivity contribution is -0.128. The highest BCUT2D eigenvalue weighted by molar-refractivity contribution is 5.82. The highest BCUT2D eigenvalue weighted by Crippen LogP contribution is 2.13. The largest absolute Gasteiger partial charge is 0.353 e. The van der Waals surface area contributed by atoms with Gasteiger partial charge in [0.1, 0.15) is 0 Å². The fourth-order valence-corrected chi connectivity index (χ4v) is 1.14. The maximum absolute atomic E-state index is 10.4. The smallest absolute Gasteiger partial charge is 0.222 e. The molecule has 0 aromatic heterocycles. The number of rotatable bonds is 2. The van der Waals surface area contributed by atoms with E-state index in [9.17, 15) is 4.79 Å². The average molecular weight is 127 g/mol. The first-order valence-corrected chi connectivity index (χ1v) is 3.48. The molecule has 52 valence electrons. The quantitative estimate of drug-likeness (QED) is 0.549. The lowest BCUT2D eigenvalue weighted by atomic mass is 9.96. The molecule has 0 bridgehead atoms. The monoisotopic (exact) mass is 127 g/mol. The zero-order valence-corrected chi connectivity index (χ0v) is 5.98. The van der Waals surface area contributed by atoms with Gasteiger partial charge in [-0.1, -0.05) is 13.8 Å². The summed E-state index contributed by atoms with van der Waals surface area (Å²) in [5.74, 6) is 0.913. The van der Waals surface area contributed by atoms with Crippen molar-refractivity contribution in [1.29, 1.82) is 0 Å². The Morgan fingerprint density at radius 1 is 1.78 bits per heavy atom. The van der Waals surface area contributed by atoms with Gasteiger partial charge in [0.25, 0.3) is 0 Å². The molecule has 2 heteroatoms. The molecule has 0 aromatic rings. The van der Waals surface area contributed by atoms with Crippen LogP contribution in [-0.2, 0) is 4.79 Å². The molecular formula is C7H13NO. The van der Waals surface area contributed by atoms with Crippen molar-refractivity contribution >= 4 is 5.91 Å². The summed E-state index contributed by atoms with van der Waals surface area (Å²) >= 11 is 0. The van der Waals surface area contributed by atoms with Gasteiger partial charge in [0.2, 0.25) is 5.91 Å². The van der Waals surface area contributed by atoms with Gasteiger partial charge in [-0.15, -0.1) is 0 Å². The Hall–Kier alpha value is -0.530. The van der Waals surface area contributed by atoms with E-state index in [-0.39, 0.29) is 5.91 Å². The van der Waals surface area contributed by atoms with Crippen molar-refractivity contribution < 1.29 is 4.79 Å².